The summed E-state index contributed by atoms with van der Waals surface area (Å²) >= 11 is 0. The minimum atomic E-state index is -0.241. The number of amides is 1. The molecule has 0 spiro atoms. The van der Waals surface area contributed by atoms with E-state index in [1.807, 2.05) is 32.0 Å². The van der Waals surface area contributed by atoms with Crippen LogP contribution in [0.5, 0.6) is 0 Å². The minimum absolute atomic E-state index is 0.143. The van der Waals surface area contributed by atoms with Gasteiger partial charge in [0, 0.05) is 24.0 Å². The largest absolute Gasteiger partial charge is 0.466 e. The Morgan fingerprint density at radius 3 is 2.88 bits per heavy atom. The lowest BCUT2D eigenvalue weighted by Crippen LogP contribution is -2.42. The molecule has 0 bridgehead atoms. The molecule has 1 fully saturated rings. The summed E-state index contributed by atoms with van der Waals surface area (Å²) in [4.78, 5) is 26.6. The van der Waals surface area contributed by atoms with E-state index in [4.69, 9.17) is 9.15 Å². The van der Waals surface area contributed by atoms with Crippen LogP contribution in [0.1, 0.15) is 41.4 Å². The Morgan fingerprint density at radius 2 is 2.12 bits per heavy atom. The van der Waals surface area contributed by atoms with E-state index in [0.29, 0.717) is 25.5 Å². The molecule has 0 radical (unpaired) electrons. The number of carbonyl (C=O) groups is 2. The number of furan rings is 1. The van der Waals surface area contributed by atoms with Crippen molar-refractivity contribution in [1.82, 2.24) is 4.90 Å². The summed E-state index contributed by atoms with van der Waals surface area (Å²) in [5.74, 6) is -0.225. The highest BCUT2D eigenvalue weighted by Crippen LogP contribution is 2.28. The zero-order chi connectivity index (χ0) is 17.3. The highest BCUT2D eigenvalue weighted by atomic mass is 16.5. The van der Waals surface area contributed by atoms with Crippen LogP contribution in [0.3, 0.4) is 0 Å². The number of carbonyl (C=O) groups excluding carboxylic acids is 2. The van der Waals surface area contributed by atoms with Crippen LogP contribution in [0.2, 0.25) is 0 Å². The molecule has 128 valence electrons. The third-order valence-electron chi connectivity index (χ3n) is 4.61. The van der Waals surface area contributed by atoms with E-state index >= 15 is 0 Å². The molecule has 0 aliphatic carbocycles. The van der Waals surface area contributed by atoms with Crippen LogP contribution in [0.4, 0.5) is 0 Å². The van der Waals surface area contributed by atoms with Crippen LogP contribution >= 0.6 is 0 Å². The van der Waals surface area contributed by atoms with Crippen molar-refractivity contribution >= 4 is 22.8 Å². The summed E-state index contributed by atoms with van der Waals surface area (Å²) in [6.07, 6.45) is 1.56. The van der Waals surface area contributed by atoms with Crippen molar-refractivity contribution < 1.29 is 18.7 Å². The summed E-state index contributed by atoms with van der Waals surface area (Å²) in [7, 11) is 0. The molecule has 1 aliphatic heterocycles. The van der Waals surface area contributed by atoms with E-state index in [9.17, 15) is 9.59 Å². The molecule has 5 nitrogen and oxygen atoms in total. The summed E-state index contributed by atoms with van der Waals surface area (Å²) in [6.45, 7) is 7.12. The molecule has 1 atom stereocenters. The Morgan fingerprint density at radius 1 is 1.33 bits per heavy atom. The summed E-state index contributed by atoms with van der Waals surface area (Å²) < 4.78 is 10.9. The summed E-state index contributed by atoms with van der Waals surface area (Å²) in [5, 5.41) is 0.970. The lowest BCUT2D eigenvalue weighted by Gasteiger charge is -2.31. The molecule has 1 aliphatic rings. The number of hydrogen-bond acceptors (Lipinski definition) is 4. The fraction of sp³-hybridized carbons (Fsp3) is 0.474. The third-order valence-corrected chi connectivity index (χ3v) is 4.61. The molecular weight excluding hydrogens is 306 g/mol. The van der Waals surface area contributed by atoms with Gasteiger partial charge in [0.15, 0.2) is 5.76 Å². The Bertz CT molecular complexity index is 777. The van der Waals surface area contributed by atoms with E-state index in [0.717, 1.165) is 34.9 Å². The van der Waals surface area contributed by atoms with Gasteiger partial charge in [-0.2, -0.15) is 0 Å². The summed E-state index contributed by atoms with van der Waals surface area (Å²) in [6, 6.07) is 5.89. The van der Waals surface area contributed by atoms with Gasteiger partial charge in [-0.15, -0.1) is 0 Å². The first-order valence-corrected chi connectivity index (χ1v) is 8.47. The van der Waals surface area contributed by atoms with Crippen molar-refractivity contribution in [3.05, 3.63) is 35.1 Å². The SMILES string of the molecule is CCOC(=O)[C@H]1CCCN(C(=O)c2oc3ccc(C)cc3c2C)C1. The van der Waals surface area contributed by atoms with Crippen molar-refractivity contribution in [2.24, 2.45) is 5.92 Å². The van der Waals surface area contributed by atoms with Gasteiger partial charge in [-0.3, -0.25) is 9.59 Å². The molecule has 1 amide bonds. The number of hydrogen-bond donors (Lipinski definition) is 0. The van der Waals surface area contributed by atoms with Gasteiger partial charge < -0.3 is 14.1 Å². The fourth-order valence-corrected chi connectivity index (χ4v) is 3.30. The average Bonchev–Trinajstić information content (AvgIpc) is 2.91. The molecule has 1 saturated heterocycles. The molecule has 24 heavy (non-hydrogen) atoms. The zero-order valence-corrected chi connectivity index (χ0v) is 14.4. The van der Waals surface area contributed by atoms with Crippen LogP contribution in [0, 0.1) is 19.8 Å². The molecule has 2 heterocycles. The lowest BCUT2D eigenvalue weighted by molar-refractivity contribution is -0.149. The molecule has 3 rings (SSSR count). The first-order valence-electron chi connectivity index (χ1n) is 8.47. The maximum Gasteiger partial charge on any atom is 0.310 e. The lowest BCUT2D eigenvalue weighted by atomic mass is 9.97. The van der Waals surface area contributed by atoms with Crippen molar-refractivity contribution in [3.8, 4) is 0 Å². The number of likely N-dealkylation sites (tertiary alicyclic amines) is 1. The number of piperidine rings is 1. The highest BCUT2D eigenvalue weighted by molar-refractivity contribution is 5.99. The van der Waals surface area contributed by atoms with Gasteiger partial charge in [-0.25, -0.2) is 0 Å². The molecule has 0 saturated carbocycles. The Balaban J connectivity index is 1.83. The number of rotatable bonds is 3. The second-order valence-corrected chi connectivity index (χ2v) is 6.40. The smallest absolute Gasteiger partial charge is 0.310 e. The zero-order valence-electron chi connectivity index (χ0n) is 14.4. The van der Waals surface area contributed by atoms with E-state index < -0.39 is 0 Å². The third kappa shape index (κ3) is 3.03. The fourth-order valence-electron chi connectivity index (χ4n) is 3.30. The predicted molar refractivity (Wildman–Crippen MR) is 90.9 cm³/mol. The van der Waals surface area contributed by atoms with E-state index in [-0.39, 0.29) is 17.8 Å². The first-order chi connectivity index (χ1) is 11.5. The molecule has 1 aromatic carbocycles. The van der Waals surface area contributed by atoms with Gasteiger partial charge in [-0.1, -0.05) is 11.6 Å². The highest BCUT2D eigenvalue weighted by Gasteiger charge is 2.32. The number of esters is 1. The van der Waals surface area contributed by atoms with Gasteiger partial charge >= 0.3 is 5.97 Å². The number of aryl methyl sites for hydroxylation is 2. The monoisotopic (exact) mass is 329 g/mol. The second-order valence-electron chi connectivity index (χ2n) is 6.40. The topological polar surface area (TPSA) is 59.8 Å². The first kappa shape index (κ1) is 16.6. The normalized spacial score (nSPS) is 18.0. The molecule has 1 aromatic heterocycles. The summed E-state index contributed by atoms with van der Waals surface area (Å²) in [5.41, 5.74) is 2.71. The molecule has 0 N–H and O–H groups in total. The van der Waals surface area contributed by atoms with E-state index in [1.165, 1.54) is 0 Å². The molecular formula is C19H23NO4. The van der Waals surface area contributed by atoms with E-state index in [2.05, 4.69) is 0 Å². The van der Waals surface area contributed by atoms with Crippen molar-refractivity contribution in [2.75, 3.05) is 19.7 Å². The maximum absolute atomic E-state index is 12.9. The number of benzene rings is 1. The van der Waals surface area contributed by atoms with Crippen LogP contribution in [0.25, 0.3) is 11.0 Å². The maximum atomic E-state index is 12.9. The number of ether oxygens (including phenoxy) is 1. The molecule has 2 aromatic rings. The molecule has 0 unspecified atom stereocenters. The van der Waals surface area contributed by atoms with Crippen LogP contribution in [-0.2, 0) is 9.53 Å². The van der Waals surface area contributed by atoms with Gasteiger partial charge in [0.25, 0.3) is 5.91 Å². The number of fused-ring (bicyclic) bond motifs is 1. The van der Waals surface area contributed by atoms with Crippen LogP contribution in [0.15, 0.2) is 22.6 Å². The standard InChI is InChI=1S/C19H23NO4/c1-4-23-19(22)14-6-5-9-20(11-14)18(21)17-13(3)15-10-12(2)7-8-16(15)24-17/h7-8,10,14H,4-6,9,11H2,1-3H3/t14-/m0/s1. The Hall–Kier alpha value is -2.30. The van der Waals surface area contributed by atoms with Crippen molar-refractivity contribution in [2.45, 2.75) is 33.6 Å². The molecule has 5 heteroatoms. The number of nitrogens with zero attached hydrogens (tertiary/aromatic N) is 1. The van der Waals surface area contributed by atoms with Gasteiger partial charge in [0.1, 0.15) is 5.58 Å². The van der Waals surface area contributed by atoms with Gasteiger partial charge in [0.05, 0.1) is 12.5 Å². The Kier molecular flexibility index (Phi) is 4.60. The van der Waals surface area contributed by atoms with Crippen molar-refractivity contribution in [3.63, 3.8) is 0 Å². The second kappa shape index (κ2) is 6.67. The van der Waals surface area contributed by atoms with Gasteiger partial charge in [0.2, 0.25) is 0 Å². The minimum Gasteiger partial charge on any atom is -0.466 e. The van der Waals surface area contributed by atoms with E-state index in [1.54, 1.807) is 11.8 Å². The van der Waals surface area contributed by atoms with Crippen molar-refractivity contribution in [1.29, 1.82) is 0 Å². The van der Waals surface area contributed by atoms with Crippen LogP contribution < -0.4 is 0 Å². The quantitative estimate of drug-likeness (QED) is 0.809. The van der Waals surface area contributed by atoms with Crippen LogP contribution in [-0.4, -0.2) is 36.5 Å². The Labute approximate surface area is 141 Å². The average molecular weight is 329 g/mol. The van der Waals surface area contributed by atoms with Gasteiger partial charge in [-0.05, 0) is 45.7 Å². The predicted octanol–water partition coefficient (Wildman–Crippen LogP) is 3.46.